The largest absolute Gasteiger partial charge is 0.497 e. The molecule has 1 unspecified atom stereocenters. The first-order chi connectivity index (χ1) is 18.0. The average Bonchev–Trinajstić information content (AvgIpc) is 3.36. The van der Waals surface area contributed by atoms with Crippen LogP contribution in [0, 0.1) is 0 Å². The molecular weight excluding hydrogens is 543 g/mol. The predicted molar refractivity (Wildman–Crippen MR) is 138 cm³/mol. The van der Waals surface area contributed by atoms with Crippen LogP contribution in [0.15, 0.2) is 69.1 Å². The summed E-state index contributed by atoms with van der Waals surface area (Å²) in [7, 11) is 1.09. The highest BCUT2D eigenvalue weighted by molar-refractivity contribution is 7.85. The van der Waals surface area contributed by atoms with E-state index >= 15 is 0 Å². The molecule has 2 heterocycles. The third kappa shape index (κ3) is 5.73. The Morgan fingerprint density at radius 1 is 1.11 bits per heavy atom. The number of hydrogen-bond acceptors (Lipinski definition) is 6. The molecule has 200 valence electrons. The van der Waals surface area contributed by atoms with Crippen LogP contribution in [0.1, 0.15) is 20.8 Å². The van der Waals surface area contributed by atoms with E-state index in [2.05, 4.69) is 5.32 Å². The number of carbonyl (C=O) groups excluding carboxylic acids is 1. The number of halogens is 3. The van der Waals surface area contributed by atoms with Gasteiger partial charge in [-0.25, -0.2) is 4.79 Å². The van der Waals surface area contributed by atoms with E-state index in [1.54, 1.807) is 18.2 Å². The van der Waals surface area contributed by atoms with Gasteiger partial charge in [-0.3, -0.25) is 22.9 Å². The number of amides is 1. The van der Waals surface area contributed by atoms with Crippen molar-refractivity contribution in [3.63, 3.8) is 0 Å². The fraction of sp³-hybridized carbons (Fsp3) is 0.240. The molecule has 38 heavy (non-hydrogen) atoms. The minimum absolute atomic E-state index is 0.0590. The zero-order valence-electron chi connectivity index (χ0n) is 20.2. The molecule has 2 aromatic heterocycles. The summed E-state index contributed by atoms with van der Waals surface area (Å²) in [5.74, 6) is -0.0406. The van der Waals surface area contributed by atoms with Gasteiger partial charge in [-0.15, -0.1) is 11.3 Å². The lowest BCUT2D eigenvalue weighted by molar-refractivity contribution is -0.137. The Hall–Kier alpha value is -3.71. The van der Waals surface area contributed by atoms with Gasteiger partial charge in [-0.2, -0.15) is 13.2 Å². The summed E-state index contributed by atoms with van der Waals surface area (Å²) < 4.78 is 58.9. The van der Waals surface area contributed by atoms with E-state index in [0.29, 0.717) is 10.6 Å². The van der Waals surface area contributed by atoms with Gasteiger partial charge < -0.3 is 10.1 Å². The number of aromatic nitrogens is 2. The molecule has 0 saturated heterocycles. The second kappa shape index (κ2) is 11.0. The molecule has 4 rings (SSSR count). The molecule has 0 spiro atoms. The van der Waals surface area contributed by atoms with E-state index in [4.69, 9.17) is 4.74 Å². The van der Waals surface area contributed by atoms with Crippen LogP contribution in [-0.4, -0.2) is 32.1 Å². The second-order valence-electron chi connectivity index (χ2n) is 8.24. The zero-order valence-corrected chi connectivity index (χ0v) is 21.8. The van der Waals surface area contributed by atoms with E-state index in [9.17, 15) is 31.8 Å². The Morgan fingerprint density at radius 3 is 2.55 bits per heavy atom. The molecule has 0 bridgehead atoms. The normalized spacial score (nSPS) is 12.4. The van der Waals surface area contributed by atoms with E-state index in [-0.39, 0.29) is 34.0 Å². The number of nitrogens with zero attached hydrogens (tertiary/aromatic N) is 2. The van der Waals surface area contributed by atoms with Crippen molar-refractivity contribution in [3.05, 3.63) is 91.4 Å². The summed E-state index contributed by atoms with van der Waals surface area (Å²) in [6.45, 7) is -0.0632. The van der Waals surface area contributed by atoms with Gasteiger partial charge in [0.15, 0.2) is 0 Å². The minimum Gasteiger partial charge on any atom is -0.497 e. The first kappa shape index (κ1) is 27.3. The molecule has 13 heteroatoms. The number of carbonyl (C=O) groups is 1. The maximum atomic E-state index is 13.1. The van der Waals surface area contributed by atoms with Crippen molar-refractivity contribution in [1.82, 2.24) is 14.5 Å². The van der Waals surface area contributed by atoms with Crippen LogP contribution in [0.4, 0.5) is 13.2 Å². The number of alkyl halides is 3. The van der Waals surface area contributed by atoms with Gasteiger partial charge in [0.1, 0.15) is 10.6 Å². The third-order valence-electron chi connectivity index (χ3n) is 5.75. The predicted octanol–water partition coefficient (Wildman–Crippen LogP) is 3.53. The molecule has 1 amide bonds. The number of aryl methyl sites for hydroxylation is 1. The molecule has 0 fully saturated rings. The van der Waals surface area contributed by atoms with Gasteiger partial charge in [0.25, 0.3) is 11.5 Å². The lowest BCUT2D eigenvalue weighted by Gasteiger charge is -2.10. The summed E-state index contributed by atoms with van der Waals surface area (Å²) in [5, 5.41) is 2.90. The highest BCUT2D eigenvalue weighted by Crippen LogP contribution is 2.30. The first-order valence-corrected chi connectivity index (χ1v) is 13.3. The number of rotatable bonds is 8. The standard InChI is InChI=1S/C25H22F3N3O5S2/c1-30-23-19(13-20(37-23)21(32)29-14-15-5-3-7-17(11-15)36-2)22(33)31(24(30)34)9-10-38(35)18-8-4-6-16(12-18)25(26,27)28/h3-8,11-13H,9-10,14H2,1-2H3,(H,29,32). The van der Waals surface area contributed by atoms with Gasteiger partial charge in [-0.05, 0) is 42.0 Å². The summed E-state index contributed by atoms with van der Waals surface area (Å²) in [6.07, 6.45) is -4.59. The van der Waals surface area contributed by atoms with Crippen molar-refractivity contribution >= 4 is 38.3 Å². The second-order valence-corrected chi connectivity index (χ2v) is 10.8. The highest BCUT2D eigenvalue weighted by atomic mass is 32.2. The highest BCUT2D eigenvalue weighted by Gasteiger charge is 2.30. The van der Waals surface area contributed by atoms with Crippen LogP contribution in [0.3, 0.4) is 0 Å². The summed E-state index contributed by atoms with van der Waals surface area (Å²) in [4.78, 5) is 39.2. The number of fused-ring (bicyclic) bond motifs is 1. The van der Waals surface area contributed by atoms with Crippen molar-refractivity contribution in [2.24, 2.45) is 7.05 Å². The fourth-order valence-electron chi connectivity index (χ4n) is 3.75. The SMILES string of the molecule is COc1cccc(CNC(=O)c2cc3c(=O)n(CCS(=O)c4cccc(C(F)(F)F)c4)c(=O)n(C)c3s2)c1. The average molecular weight is 566 g/mol. The molecule has 0 aliphatic heterocycles. The van der Waals surface area contributed by atoms with E-state index in [1.165, 1.54) is 30.9 Å². The summed E-state index contributed by atoms with van der Waals surface area (Å²) >= 11 is 0.983. The van der Waals surface area contributed by atoms with Gasteiger partial charge in [0, 0.05) is 30.8 Å². The van der Waals surface area contributed by atoms with Crippen molar-refractivity contribution in [2.75, 3.05) is 12.9 Å². The molecule has 0 aliphatic carbocycles. The minimum atomic E-state index is -4.59. The molecule has 8 nitrogen and oxygen atoms in total. The molecule has 1 N–H and O–H groups in total. The van der Waals surface area contributed by atoms with Crippen molar-refractivity contribution in [3.8, 4) is 5.75 Å². The Labute approximate surface area is 220 Å². The summed E-state index contributed by atoms with van der Waals surface area (Å²) in [5.41, 5.74) is -1.49. The molecule has 1 atom stereocenters. The molecule has 4 aromatic rings. The Kier molecular flexibility index (Phi) is 7.88. The lowest BCUT2D eigenvalue weighted by Crippen LogP contribution is -2.39. The van der Waals surface area contributed by atoms with Gasteiger partial charge in [0.05, 0.1) is 33.7 Å². The van der Waals surface area contributed by atoms with Crippen molar-refractivity contribution in [1.29, 1.82) is 0 Å². The number of benzene rings is 2. The number of methoxy groups -OCH3 is 1. The Balaban J connectivity index is 1.54. The molecule has 0 radical (unpaired) electrons. The molecular formula is C25H22F3N3O5S2. The van der Waals surface area contributed by atoms with Crippen LogP contribution in [0.25, 0.3) is 10.2 Å². The quantitative estimate of drug-likeness (QED) is 0.353. The van der Waals surface area contributed by atoms with Crippen molar-refractivity contribution < 1.29 is 26.9 Å². The monoisotopic (exact) mass is 565 g/mol. The van der Waals surface area contributed by atoms with Gasteiger partial charge >= 0.3 is 11.9 Å². The van der Waals surface area contributed by atoms with E-state index < -0.39 is 39.7 Å². The smallest absolute Gasteiger partial charge is 0.416 e. The van der Waals surface area contributed by atoms with Gasteiger partial charge in [-0.1, -0.05) is 18.2 Å². The Bertz CT molecular complexity index is 1660. The van der Waals surface area contributed by atoms with Gasteiger partial charge in [0.2, 0.25) is 0 Å². The van der Waals surface area contributed by atoms with Crippen LogP contribution in [-0.2, 0) is 37.1 Å². The summed E-state index contributed by atoms with van der Waals surface area (Å²) in [6, 6.07) is 12.7. The van der Waals surface area contributed by atoms with Crippen molar-refractivity contribution in [2.45, 2.75) is 24.2 Å². The number of hydrogen-bond donors (Lipinski definition) is 1. The van der Waals surface area contributed by atoms with Crippen LogP contribution < -0.4 is 21.3 Å². The number of thiophene rings is 1. The van der Waals surface area contributed by atoms with E-state index in [1.807, 2.05) is 6.07 Å². The lowest BCUT2D eigenvalue weighted by atomic mass is 10.2. The van der Waals surface area contributed by atoms with Crippen LogP contribution in [0.2, 0.25) is 0 Å². The number of nitrogens with one attached hydrogen (secondary N) is 1. The maximum absolute atomic E-state index is 13.1. The molecule has 0 aliphatic rings. The van der Waals surface area contributed by atoms with Crippen LogP contribution in [0.5, 0.6) is 5.75 Å². The Morgan fingerprint density at radius 2 is 1.84 bits per heavy atom. The van der Waals surface area contributed by atoms with Crippen LogP contribution >= 0.6 is 11.3 Å². The first-order valence-electron chi connectivity index (χ1n) is 11.2. The maximum Gasteiger partial charge on any atom is 0.416 e. The third-order valence-corrected chi connectivity index (χ3v) is 8.29. The topological polar surface area (TPSA) is 99.4 Å². The number of ether oxygens (including phenoxy) is 1. The molecule has 2 aromatic carbocycles. The fourth-order valence-corrected chi connectivity index (χ4v) is 5.85. The van der Waals surface area contributed by atoms with E-state index in [0.717, 1.165) is 39.7 Å². The molecule has 0 saturated carbocycles. The zero-order chi connectivity index (χ0) is 27.6.